The lowest BCUT2D eigenvalue weighted by Gasteiger charge is -2.17. The summed E-state index contributed by atoms with van der Waals surface area (Å²) in [6.45, 7) is 0. The minimum absolute atomic E-state index is 1.32. The molecule has 6 rings (SSSR count). The van der Waals surface area contributed by atoms with Crippen molar-refractivity contribution < 1.29 is 0 Å². The van der Waals surface area contributed by atoms with Gasteiger partial charge in [-0.15, -0.1) is 0 Å². The van der Waals surface area contributed by atoms with E-state index in [4.69, 9.17) is 0 Å². The molecule has 0 radical (unpaired) electrons. The van der Waals surface area contributed by atoms with E-state index < -0.39 is 0 Å². The zero-order chi connectivity index (χ0) is 17.8. The maximum Gasteiger partial charge on any atom is 0.0201 e. The number of benzene rings is 5. The van der Waals surface area contributed by atoms with Gasteiger partial charge < -0.3 is 0 Å². The van der Waals surface area contributed by atoms with E-state index in [1.54, 1.807) is 0 Å². The maximum atomic E-state index is 2.27. The fourth-order valence-corrected chi connectivity index (χ4v) is 5.43. The van der Waals surface area contributed by atoms with Crippen molar-refractivity contribution in [2.75, 3.05) is 0 Å². The summed E-state index contributed by atoms with van der Waals surface area (Å²) in [5, 5.41) is 5.31. The van der Waals surface area contributed by atoms with Gasteiger partial charge in [-0.05, 0) is 55.9 Å². The van der Waals surface area contributed by atoms with Crippen LogP contribution < -0.4 is 0 Å². The molecule has 1 heteroatoms. The van der Waals surface area contributed by atoms with Gasteiger partial charge in [0, 0.05) is 9.79 Å². The van der Waals surface area contributed by atoms with Gasteiger partial charge in [-0.3, -0.25) is 0 Å². The van der Waals surface area contributed by atoms with Crippen LogP contribution in [0, 0.1) is 0 Å². The topological polar surface area (TPSA) is 0 Å². The first-order valence-corrected chi connectivity index (χ1v) is 10.0. The van der Waals surface area contributed by atoms with Gasteiger partial charge in [0.05, 0.1) is 0 Å². The van der Waals surface area contributed by atoms with Crippen LogP contribution in [0.5, 0.6) is 0 Å². The van der Waals surface area contributed by atoms with Crippen LogP contribution in [0.2, 0.25) is 0 Å². The number of hydrogen-bond acceptors (Lipinski definition) is 1. The van der Waals surface area contributed by atoms with E-state index in [0.29, 0.717) is 0 Å². The highest BCUT2D eigenvalue weighted by Crippen LogP contribution is 2.52. The van der Waals surface area contributed by atoms with Gasteiger partial charge in [-0.1, -0.05) is 96.7 Å². The lowest BCUT2D eigenvalue weighted by atomic mass is 9.85. The zero-order valence-corrected chi connectivity index (χ0v) is 15.5. The van der Waals surface area contributed by atoms with E-state index in [1.165, 1.54) is 53.6 Å². The van der Waals surface area contributed by atoms with E-state index in [1.807, 2.05) is 11.8 Å². The SMILES string of the molecule is c1ccc2c(c1)Sc1ccccc1-c1c-2c2ccccc2c2ccccc12. The number of hydrogen-bond donors (Lipinski definition) is 0. The standard InChI is InChI=1S/C26H16S/c1-3-11-19-17(9-1)18-10-2-4-12-20(18)26-22-14-6-8-16-24(22)27-23-15-7-5-13-21(23)25(19)26/h1-16H. The molecule has 0 atom stereocenters. The summed E-state index contributed by atoms with van der Waals surface area (Å²) in [7, 11) is 0. The van der Waals surface area contributed by atoms with E-state index in [-0.39, 0.29) is 0 Å². The smallest absolute Gasteiger partial charge is 0.0201 e. The zero-order valence-electron chi connectivity index (χ0n) is 14.6. The Bertz CT molecular complexity index is 1240. The molecule has 0 amide bonds. The van der Waals surface area contributed by atoms with E-state index in [0.717, 1.165) is 0 Å². The molecule has 0 saturated heterocycles. The quantitative estimate of drug-likeness (QED) is 0.249. The molecule has 0 N–H and O–H groups in total. The average molecular weight is 360 g/mol. The van der Waals surface area contributed by atoms with Gasteiger partial charge in [0.1, 0.15) is 0 Å². The molecule has 0 aliphatic carbocycles. The molecule has 0 spiro atoms. The summed E-state index contributed by atoms with van der Waals surface area (Å²) in [5.74, 6) is 0. The van der Waals surface area contributed by atoms with Gasteiger partial charge in [-0.2, -0.15) is 0 Å². The second kappa shape index (κ2) is 5.73. The van der Waals surface area contributed by atoms with Crippen molar-refractivity contribution in [3.05, 3.63) is 97.1 Å². The fourth-order valence-electron chi connectivity index (χ4n) is 4.34. The van der Waals surface area contributed by atoms with Gasteiger partial charge in [0.2, 0.25) is 0 Å². The minimum atomic E-state index is 1.32. The Kier molecular flexibility index (Phi) is 3.20. The van der Waals surface area contributed by atoms with E-state index in [2.05, 4.69) is 97.1 Å². The predicted octanol–water partition coefficient (Wildman–Crippen LogP) is 7.79. The largest absolute Gasteiger partial charge is 0.0888 e. The second-order valence-electron chi connectivity index (χ2n) is 6.94. The molecule has 27 heavy (non-hydrogen) atoms. The molecular formula is C26H16S. The molecule has 0 unspecified atom stereocenters. The second-order valence-corrected chi connectivity index (χ2v) is 8.02. The minimum Gasteiger partial charge on any atom is -0.0888 e. The average Bonchev–Trinajstić information content (AvgIpc) is 2.89. The molecule has 0 nitrogen and oxygen atoms in total. The van der Waals surface area contributed by atoms with Gasteiger partial charge >= 0.3 is 0 Å². The maximum absolute atomic E-state index is 2.27. The van der Waals surface area contributed by atoms with Crippen molar-refractivity contribution in [2.24, 2.45) is 0 Å². The van der Waals surface area contributed by atoms with Crippen LogP contribution in [0.15, 0.2) is 107 Å². The molecular weight excluding hydrogens is 344 g/mol. The highest BCUT2D eigenvalue weighted by atomic mass is 32.2. The molecule has 1 aliphatic rings. The first-order chi connectivity index (χ1) is 13.4. The van der Waals surface area contributed by atoms with Crippen LogP contribution in [0.1, 0.15) is 0 Å². The summed E-state index contributed by atoms with van der Waals surface area (Å²) >= 11 is 1.88. The Balaban J connectivity index is 1.96. The molecule has 5 aromatic rings. The number of rotatable bonds is 0. The predicted molar refractivity (Wildman–Crippen MR) is 116 cm³/mol. The Labute approximate surface area is 162 Å². The van der Waals surface area contributed by atoms with Crippen LogP contribution in [0.25, 0.3) is 43.8 Å². The molecule has 0 fully saturated rings. The normalized spacial score (nSPS) is 12.3. The molecule has 0 bridgehead atoms. The lowest BCUT2D eigenvalue weighted by Crippen LogP contribution is -1.91. The van der Waals surface area contributed by atoms with Crippen molar-refractivity contribution in [2.45, 2.75) is 9.79 Å². The third kappa shape index (κ3) is 2.12. The van der Waals surface area contributed by atoms with Gasteiger partial charge in [0.15, 0.2) is 0 Å². The summed E-state index contributed by atoms with van der Waals surface area (Å²) in [6, 6.07) is 35.3. The highest BCUT2D eigenvalue weighted by molar-refractivity contribution is 7.99. The Morgan fingerprint density at radius 3 is 1.22 bits per heavy atom. The molecule has 1 aliphatic heterocycles. The highest BCUT2D eigenvalue weighted by Gasteiger charge is 2.24. The summed E-state index contributed by atoms with van der Waals surface area (Å²) in [5.41, 5.74) is 5.38. The van der Waals surface area contributed by atoms with Crippen LogP contribution in [0.4, 0.5) is 0 Å². The van der Waals surface area contributed by atoms with Crippen molar-refractivity contribution in [3.63, 3.8) is 0 Å². The first-order valence-electron chi connectivity index (χ1n) is 9.22. The summed E-state index contributed by atoms with van der Waals surface area (Å²) in [4.78, 5) is 2.65. The Hall–Kier alpha value is -3.03. The Morgan fingerprint density at radius 2 is 0.741 bits per heavy atom. The summed E-state index contributed by atoms with van der Waals surface area (Å²) in [6.07, 6.45) is 0. The molecule has 126 valence electrons. The van der Waals surface area contributed by atoms with Crippen molar-refractivity contribution in [1.82, 2.24) is 0 Å². The van der Waals surface area contributed by atoms with Crippen LogP contribution in [0.3, 0.4) is 0 Å². The van der Waals surface area contributed by atoms with Gasteiger partial charge in [-0.25, -0.2) is 0 Å². The lowest BCUT2D eigenvalue weighted by molar-refractivity contribution is 1.44. The molecule has 5 aromatic carbocycles. The van der Waals surface area contributed by atoms with Crippen molar-refractivity contribution >= 4 is 33.3 Å². The van der Waals surface area contributed by atoms with Crippen LogP contribution >= 0.6 is 11.8 Å². The van der Waals surface area contributed by atoms with Gasteiger partial charge in [0.25, 0.3) is 0 Å². The summed E-state index contributed by atoms with van der Waals surface area (Å²) < 4.78 is 0. The monoisotopic (exact) mass is 360 g/mol. The molecule has 1 heterocycles. The molecule has 0 saturated carbocycles. The first kappa shape index (κ1) is 15.1. The fraction of sp³-hybridized carbons (Fsp3) is 0. The van der Waals surface area contributed by atoms with Crippen LogP contribution in [-0.2, 0) is 0 Å². The van der Waals surface area contributed by atoms with E-state index in [9.17, 15) is 0 Å². The third-order valence-electron chi connectivity index (χ3n) is 5.47. The molecule has 0 aromatic heterocycles. The van der Waals surface area contributed by atoms with Crippen molar-refractivity contribution in [1.29, 1.82) is 0 Å². The number of fused-ring (bicyclic) bond motifs is 10. The Morgan fingerprint density at radius 1 is 0.370 bits per heavy atom. The van der Waals surface area contributed by atoms with Crippen LogP contribution in [-0.4, -0.2) is 0 Å². The van der Waals surface area contributed by atoms with Crippen molar-refractivity contribution in [3.8, 4) is 22.3 Å². The third-order valence-corrected chi connectivity index (χ3v) is 6.62. The van der Waals surface area contributed by atoms with E-state index >= 15 is 0 Å².